The molecule has 9 heteroatoms. The van der Waals surface area contributed by atoms with Crippen LogP contribution in [0.5, 0.6) is 11.5 Å². The molecule has 0 saturated heterocycles. The first kappa shape index (κ1) is 25.6. The summed E-state index contributed by atoms with van der Waals surface area (Å²) in [6.07, 6.45) is 1.85. The molecule has 33 heavy (non-hydrogen) atoms. The summed E-state index contributed by atoms with van der Waals surface area (Å²) < 4.78 is 10.7. The molecule has 0 aliphatic heterocycles. The predicted molar refractivity (Wildman–Crippen MR) is 124 cm³/mol. The van der Waals surface area contributed by atoms with Crippen LogP contribution in [0, 0.1) is 10.1 Å². The van der Waals surface area contributed by atoms with E-state index in [1.807, 2.05) is 44.2 Å². The summed E-state index contributed by atoms with van der Waals surface area (Å²) in [5.41, 5.74) is 0.861. The molecule has 0 saturated carbocycles. The minimum absolute atomic E-state index is 0.0382. The van der Waals surface area contributed by atoms with Gasteiger partial charge in [-0.1, -0.05) is 44.2 Å². The van der Waals surface area contributed by atoms with Gasteiger partial charge in [-0.15, -0.1) is 0 Å². The molecule has 9 nitrogen and oxygen atoms in total. The van der Waals surface area contributed by atoms with Crippen molar-refractivity contribution in [1.29, 1.82) is 0 Å². The zero-order valence-corrected chi connectivity index (χ0v) is 19.3. The lowest BCUT2D eigenvalue weighted by atomic mass is 10.1. The molecule has 178 valence electrons. The first-order valence-corrected chi connectivity index (χ1v) is 11.0. The SMILES string of the molecule is CCCNC(=O)C(CC)N(CCc1ccccc1)C(=O)COc1ccc([N+](=O)[O-])c(OC)c1. The van der Waals surface area contributed by atoms with Crippen LogP contribution in [0.2, 0.25) is 0 Å². The van der Waals surface area contributed by atoms with E-state index in [1.165, 1.54) is 25.3 Å². The second-order valence-corrected chi connectivity index (χ2v) is 7.42. The van der Waals surface area contributed by atoms with Gasteiger partial charge in [0.15, 0.2) is 6.61 Å². The Morgan fingerprint density at radius 3 is 2.48 bits per heavy atom. The van der Waals surface area contributed by atoms with Gasteiger partial charge in [-0.05, 0) is 30.9 Å². The topological polar surface area (TPSA) is 111 Å². The van der Waals surface area contributed by atoms with E-state index in [0.717, 1.165) is 12.0 Å². The van der Waals surface area contributed by atoms with Crippen molar-refractivity contribution in [1.82, 2.24) is 10.2 Å². The third kappa shape index (κ3) is 7.48. The molecular formula is C24H31N3O6. The Hall–Kier alpha value is -3.62. The van der Waals surface area contributed by atoms with Crippen LogP contribution in [0.4, 0.5) is 5.69 Å². The number of hydrogen-bond donors (Lipinski definition) is 1. The number of methoxy groups -OCH3 is 1. The highest BCUT2D eigenvalue weighted by molar-refractivity contribution is 5.88. The van der Waals surface area contributed by atoms with Crippen molar-refractivity contribution in [2.75, 3.05) is 26.8 Å². The van der Waals surface area contributed by atoms with Crippen molar-refractivity contribution in [2.24, 2.45) is 0 Å². The number of carbonyl (C=O) groups is 2. The highest BCUT2D eigenvalue weighted by Crippen LogP contribution is 2.30. The number of nitro groups is 1. The third-order valence-electron chi connectivity index (χ3n) is 5.13. The number of ether oxygens (including phenoxy) is 2. The predicted octanol–water partition coefficient (Wildman–Crippen LogP) is 3.36. The molecule has 0 bridgehead atoms. The Morgan fingerprint density at radius 1 is 1.15 bits per heavy atom. The van der Waals surface area contributed by atoms with Gasteiger partial charge in [0.1, 0.15) is 11.8 Å². The Morgan fingerprint density at radius 2 is 1.88 bits per heavy atom. The number of nitrogens with one attached hydrogen (secondary N) is 1. The lowest BCUT2D eigenvalue weighted by Crippen LogP contribution is -2.51. The van der Waals surface area contributed by atoms with Gasteiger partial charge in [0.05, 0.1) is 12.0 Å². The van der Waals surface area contributed by atoms with Crippen LogP contribution in [-0.2, 0) is 16.0 Å². The van der Waals surface area contributed by atoms with Crippen molar-refractivity contribution in [3.63, 3.8) is 0 Å². The maximum absolute atomic E-state index is 13.1. The monoisotopic (exact) mass is 457 g/mol. The molecule has 0 heterocycles. The number of hydrogen-bond acceptors (Lipinski definition) is 6. The lowest BCUT2D eigenvalue weighted by molar-refractivity contribution is -0.385. The van der Waals surface area contributed by atoms with Gasteiger partial charge in [-0.25, -0.2) is 0 Å². The van der Waals surface area contributed by atoms with Gasteiger partial charge in [-0.2, -0.15) is 0 Å². The standard InChI is InChI=1S/C24H31N3O6/c1-4-14-25-24(29)20(5-2)26(15-13-18-9-7-6-8-10-18)23(28)17-33-19-11-12-21(27(30)31)22(16-19)32-3/h6-12,16,20H,4-5,13-15,17H2,1-3H3,(H,25,29). The van der Waals surface area contributed by atoms with Crippen LogP contribution in [0.1, 0.15) is 32.3 Å². The highest BCUT2D eigenvalue weighted by Gasteiger charge is 2.28. The fraction of sp³-hybridized carbons (Fsp3) is 0.417. The second kappa shape index (κ2) is 13.0. The molecule has 1 unspecified atom stereocenters. The zero-order chi connectivity index (χ0) is 24.2. The van der Waals surface area contributed by atoms with Crippen LogP contribution in [0.15, 0.2) is 48.5 Å². The molecule has 0 fully saturated rings. The summed E-state index contributed by atoms with van der Waals surface area (Å²) in [6.45, 7) is 4.41. The van der Waals surface area contributed by atoms with E-state index >= 15 is 0 Å². The van der Waals surface area contributed by atoms with Crippen molar-refractivity contribution in [2.45, 2.75) is 39.2 Å². The minimum atomic E-state index is -0.622. The number of benzene rings is 2. The molecular weight excluding hydrogens is 426 g/mol. The molecule has 0 aromatic heterocycles. The number of nitrogens with zero attached hydrogens (tertiary/aromatic N) is 2. The van der Waals surface area contributed by atoms with Gasteiger partial charge in [0.2, 0.25) is 11.7 Å². The molecule has 0 aliphatic carbocycles. The Labute approximate surface area is 193 Å². The van der Waals surface area contributed by atoms with E-state index in [0.29, 0.717) is 25.9 Å². The summed E-state index contributed by atoms with van der Waals surface area (Å²) in [6, 6.07) is 13.1. The molecule has 0 radical (unpaired) electrons. The number of amides is 2. The van der Waals surface area contributed by atoms with E-state index in [1.54, 1.807) is 4.90 Å². The molecule has 1 atom stereocenters. The Kier molecular flexibility index (Phi) is 10.1. The Balaban J connectivity index is 2.15. The van der Waals surface area contributed by atoms with Gasteiger partial charge in [-0.3, -0.25) is 19.7 Å². The van der Waals surface area contributed by atoms with E-state index in [-0.39, 0.29) is 35.6 Å². The summed E-state index contributed by atoms with van der Waals surface area (Å²) in [5.74, 6) is -0.243. The molecule has 0 spiro atoms. The van der Waals surface area contributed by atoms with E-state index < -0.39 is 11.0 Å². The van der Waals surface area contributed by atoms with Crippen molar-refractivity contribution in [3.05, 3.63) is 64.2 Å². The van der Waals surface area contributed by atoms with E-state index in [9.17, 15) is 19.7 Å². The largest absolute Gasteiger partial charge is 0.490 e. The molecule has 1 N–H and O–H groups in total. The van der Waals surface area contributed by atoms with Crippen LogP contribution in [-0.4, -0.2) is 54.5 Å². The number of nitro benzene ring substituents is 1. The van der Waals surface area contributed by atoms with Crippen molar-refractivity contribution < 1.29 is 24.0 Å². The molecule has 2 rings (SSSR count). The zero-order valence-electron chi connectivity index (χ0n) is 19.3. The summed E-state index contributed by atoms with van der Waals surface area (Å²) in [4.78, 5) is 37.9. The normalized spacial score (nSPS) is 11.4. The fourth-order valence-electron chi connectivity index (χ4n) is 3.39. The minimum Gasteiger partial charge on any atom is -0.490 e. The highest BCUT2D eigenvalue weighted by atomic mass is 16.6. The maximum atomic E-state index is 13.1. The molecule has 2 amide bonds. The van der Waals surface area contributed by atoms with Gasteiger partial charge in [0, 0.05) is 25.2 Å². The summed E-state index contributed by atoms with van der Waals surface area (Å²) in [5, 5.41) is 13.9. The van der Waals surface area contributed by atoms with Gasteiger partial charge in [0.25, 0.3) is 5.91 Å². The van der Waals surface area contributed by atoms with E-state index in [4.69, 9.17) is 9.47 Å². The van der Waals surface area contributed by atoms with Crippen LogP contribution in [0.25, 0.3) is 0 Å². The summed E-state index contributed by atoms with van der Waals surface area (Å²) in [7, 11) is 1.32. The number of carbonyl (C=O) groups excluding carboxylic acids is 2. The van der Waals surface area contributed by atoms with Crippen LogP contribution < -0.4 is 14.8 Å². The Bertz CT molecular complexity index is 935. The molecule has 2 aromatic carbocycles. The second-order valence-electron chi connectivity index (χ2n) is 7.42. The van der Waals surface area contributed by atoms with Gasteiger partial charge >= 0.3 is 5.69 Å². The summed E-state index contributed by atoms with van der Waals surface area (Å²) >= 11 is 0. The molecule has 2 aromatic rings. The smallest absolute Gasteiger partial charge is 0.311 e. The molecule has 0 aliphatic rings. The average molecular weight is 458 g/mol. The third-order valence-corrected chi connectivity index (χ3v) is 5.13. The lowest BCUT2D eigenvalue weighted by Gasteiger charge is -2.30. The van der Waals surface area contributed by atoms with Crippen molar-refractivity contribution in [3.8, 4) is 11.5 Å². The van der Waals surface area contributed by atoms with Crippen LogP contribution >= 0.6 is 0 Å². The first-order chi connectivity index (χ1) is 15.9. The van der Waals surface area contributed by atoms with E-state index in [2.05, 4.69) is 5.32 Å². The fourth-order valence-corrected chi connectivity index (χ4v) is 3.39. The maximum Gasteiger partial charge on any atom is 0.311 e. The van der Waals surface area contributed by atoms with Crippen molar-refractivity contribution >= 4 is 17.5 Å². The quantitative estimate of drug-likeness (QED) is 0.365. The first-order valence-electron chi connectivity index (χ1n) is 11.0. The average Bonchev–Trinajstić information content (AvgIpc) is 2.83. The van der Waals surface area contributed by atoms with Crippen LogP contribution in [0.3, 0.4) is 0 Å². The van der Waals surface area contributed by atoms with Gasteiger partial charge < -0.3 is 19.7 Å². The number of rotatable bonds is 13.